The molecule has 2 aromatic carbocycles. The van der Waals surface area contributed by atoms with Gasteiger partial charge in [0.2, 0.25) is 0 Å². The quantitative estimate of drug-likeness (QED) is 0.296. The number of nitriles is 1. The molecule has 2 atom stereocenters. The van der Waals surface area contributed by atoms with E-state index in [0.29, 0.717) is 41.5 Å². The normalized spacial score (nSPS) is 23.3. The van der Waals surface area contributed by atoms with Crippen molar-refractivity contribution in [1.82, 2.24) is 19.8 Å². The molecule has 1 aliphatic carbocycles. The number of alkyl halides is 1. The highest BCUT2D eigenvalue weighted by Gasteiger charge is 2.58. The lowest BCUT2D eigenvalue weighted by Gasteiger charge is -2.46. The molecule has 2 aliphatic heterocycles. The lowest BCUT2D eigenvalue weighted by atomic mass is 9.71. The minimum absolute atomic E-state index is 0.0214. The van der Waals surface area contributed by atoms with Gasteiger partial charge in [0.05, 0.1) is 40.8 Å². The van der Waals surface area contributed by atoms with Gasteiger partial charge in [0, 0.05) is 36.1 Å². The van der Waals surface area contributed by atoms with Gasteiger partial charge in [0.15, 0.2) is 5.72 Å². The number of piperidine rings is 1. The van der Waals surface area contributed by atoms with Crippen LogP contribution in [0.3, 0.4) is 0 Å². The number of rotatable bonds is 9. The number of hydrogen-bond donors (Lipinski definition) is 1. The average molecular weight is 657 g/mol. The Morgan fingerprint density at radius 3 is 2.31 bits per heavy atom. The number of carbonyl (C=O) groups is 1. The molecule has 1 amide bonds. The van der Waals surface area contributed by atoms with E-state index in [1.165, 1.54) is 23.4 Å². The Kier molecular flexibility index (Phi) is 8.15. The van der Waals surface area contributed by atoms with Gasteiger partial charge in [-0.15, -0.1) is 0 Å². The second kappa shape index (κ2) is 11.6. The molecule has 8 nitrogen and oxygen atoms in total. The maximum atomic E-state index is 16.8. The highest BCUT2D eigenvalue weighted by Crippen LogP contribution is 2.53. The Hall–Kier alpha value is -3.20. The van der Waals surface area contributed by atoms with Crippen molar-refractivity contribution in [2.24, 2.45) is 5.41 Å². The zero-order valence-corrected chi connectivity index (χ0v) is 26.5. The van der Waals surface area contributed by atoms with E-state index < -0.39 is 34.1 Å². The summed E-state index contributed by atoms with van der Waals surface area (Å²) in [6.07, 6.45) is 4.04. The number of likely N-dealkylation sites (tertiary alicyclic amines) is 1. The van der Waals surface area contributed by atoms with Crippen LogP contribution in [0, 0.1) is 22.6 Å². The maximum absolute atomic E-state index is 16.8. The van der Waals surface area contributed by atoms with E-state index in [9.17, 15) is 15.2 Å². The first-order valence-corrected chi connectivity index (χ1v) is 15.7. The molecule has 2 fully saturated rings. The lowest BCUT2D eigenvalue weighted by Crippen LogP contribution is -2.54. The molecule has 236 valence electrons. The number of ether oxygens (including phenoxy) is 1. The number of carbonyl (C=O) groups excluding carboxylic acids is 1. The lowest BCUT2D eigenvalue weighted by molar-refractivity contribution is -0.136. The third-order valence-electron chi connectivity index (χ3n) is 9.65. The van der Waals surface area contributed by atoms with Crippen molar-refractivity contribution in [2.75, 3.05) is 26.7 Å². The number of nitrogens with zero attached hydrogens (tertiary/aromatic N) is 5. The Morgan fingerprint density at radius 1 is 1.09 bits per heavy atom. The van der Waals surface area contributed by atoms with Crippen LogP contribution < -0.4 is 0 Å². The van der Waals surface area contributed by atoms with Gasteiger partial charge < -0.3 is 14.7 Å². The molecule has 45 heavy (non-hydrogen) atoms. The minimum Gasteiger partial charge on any atom is -0.382 e. The molecule has 3 aliphatic rings. The number of aromatic nitrogens is 2. The third kappa shape index (κ3) is 5.29. The molecule has 0 unspecified atom stereocenters. The molecule has 0 spiro atoms. The summed E-state index contributed by atoms with van der Waals surface area (Å²) in [5, 5.41) is 22.5. The van der Waals surface area contributed by atoms with E-state index in [4.69, 9.17) is 27.9 Å². The summed E-state index contributed by atoms with van der Waals surface area (Å²) < 4.78 is 40.1. The number of hydrogen-bond acceptors (Lipinski definition) is 7. The van der Waals surface area contributed by atoms with Crippen molar-refractivity contribution in [3.8, 4) is 6.07 Å². The zero-order chi connectivity index (χ0) is 32.2. The number of amides is 1. The van der Waals surface area contributed by atoms with Crippen molar-refractivity contribution in [3.05, 3.63) is 92.7 Å². The first-order valence-electron chi connectivity index (χ1n) is 14.9. The van der Waals surface area contributed by atoms with Gasteiger partial charge in [-0.1, -0.05) is 42.3 Å². The highest BCUT2D eigenvalue weighted by atomic mass is 35.5. The first kappa shape index (κ1) is 31.8. The van der Waals surface area contributed by atoms with Crippen molar-refractivity contribution in [1.29, 1.82) is 5.26 Å². The van der Waals surface area contributed by atoms with E-state index >= 15 is 8.78 Å². The average Bonchev–Trinajstić information content (AvgIpc) is 3.79. The summed E-state index contributed by atoms with van der Waals surface area (Å²) in [6.45, 7) is 2.20. The summed E-state index contributed by atoms with van der Waals surface area (Å²) in [5.41, 5.74) is -6.55. The monoisotopic (exact) mass is 655 g/mol. The summed E-state index contributed by atoms with van der Waals surface area (Å²) in [7, 11) is 1.88. The molecule has 1 N–H and O–H groups in total. The second-order valence-electron chi connectivity index (χ2n) is 12.4. The minimum atomic E-state index is -2.06. The Balaban J connectivity index is 1.55. The number of fused-ring (bicyclic) bond motifs is 1. The predicted molar refractivity (Wildman–Crippen MR) is 164 cm³/mol. The molecule has 6 rings (SSSR count). The fourth-order valence-corrected chi connectivity index (χ4v) is 6.81. The van der Waals surface area contributed by atoms with Crippen LogP contribution in [0.25, 0.3) is 0 Å². The number of benzene rings is 2. The molecule has 0 bridgehead atoms. The van der Waals surface area contributed by atoms with Crippen LogP contribution >= 0.6 is 23.2 Å². The van der Waals surface area contributed by atoms with Gasteiger partial charge in [-0.25, -0.2) is 18.7 Å². The van der Waals surface area contributed by atoms with Crippen molar-refractivity contribution in [2.45, 2.75) is 62.6 Å². The van der Waals surface area contributed by atoms with E-state index in [1.54, 1.807) is 31.2 Å². The SMILES string of the molecule is CC[C@@](O)(c1cc(F)c2c(c1)C(=O)N(Cc1ncc(Cl)cn1)[C@@]2(OCC1(C#N)CC1)c1ccc(Cl)cc1)C1(F)CCN(C)CC1. The third-order valence-corrected chi connectivity index (χ3v) is 10.1. The van der Waals surface area contributed by atoms with Crippen LogP contribution in [-0.4, -0.2) is 63.2 Å². The molecule has 3 heterocycles. The van der Waals surface area contributed by atoms with Crippen LogP contribution in [0.5, 0.6) is 0 Å². The molecule has 3 aromatic rings. The van der Waals surface area contributed by atoms with Gasteiger partial charge >= 0.3 is 0 Å². The molecule has 1 saturated heterocycles. The topological polar surface area (TPSA) is 103 Å². The highest BCUT2D eigenvalue weighted by molar-refractivity contribution is 6.30. The van der Waals surface area contributed by atoms with E-state index in [0.717, 1.165) is 6.07 Å². The second-order valence-corrected chi connectivity index (χ2v) is 13.3. The molecular formula is C33H33Cl2F2N5O3. The summed E-state index contributed by atoms with van der Waals surface area (Å²) in [4.78, 5) is 26.3. The predicted octanol–water partition coefficient (Wildman–Crippen LogP) is 6.13. The van der Waals surface area contributed by atoms with Gasteiger partial charge in [-0.05, 0) is 69.0 Å². The van der Waals surface area contributed by atoms with E-state index in [2.05, 4.69) is 16.0 Å². The van der Waals surface area contributed by atoms with Gasteiger partial charge in [-0.2, -0.15) is 5.26 Å². The summed E-state index contributed by atoms with van der Waals surface area (Å²) in [6, 6.07) is 11.3. The maximum Gasteiger partial charge on any atom is 0.257 e. The van der Waals surface area contributed by atoms with Crippen LogP contribution in [0.1, 0.15) is 71.9 Å². The van der Waals surface area contributed by atoms with Crippen LogP contribution in [-0.2, 0) is 22.6 Å². The molecule has 1 aromatic heterocycles. The van der Waals surface area contributed by atoms with Crippen LogP contribution in [0.4, 0.5) is 8.78 Å². The van der Waals surface area contributed by atoms with E-state index in [-0.39, 0.29) is 54.9 Å². The van der Waals surface area contributed by atoms with Crippen LogP contribution in [0.2, 0.25) is 10.0 Å². The Morgan fingerprint density at radius 2 is 1.73 bits per heavy atom. The van der Waals surface area contributed by atoms with Gasteiger partial charge in [-0.3, -0.25) is 9.69 Å². The molecular weight excluding hydrogens is 623 g/mol. The van der Waals surface area contributed by atoms with Crippen LogP contribution in [0.15, 0.2) is 48.8 Å². The number of halogens is 4. The van der Waals surface area contributed by atoms with E-state index in [1.807, 2.05) is 11.9 Å². The summed E-state index contributed by atoms with van der Waals surface area (Å²) >= 11 is 12.3. The molecule has 1 saturated carbocycles. The largest absolute Gasteiger partial charge is 0.382 e. The zero-order valence-electron chi connectivity index (χ0n) is 25.0. The fourth-order valence-electron chi connectivity index (χ4n) is 6.58. The first-order chi connectivity index (χ1) is 21.4. The van der Waals surface area contributed by atoms with Gasteiger partial charge in [0.1, 0.15) is 22.9 Å². The van der Waals surface area contributed by atoms with Crippen molar-refractivity contribution < 1.29 is 23.4 Å². The fraction of sp³-hybridized carbons (Fsp3) is 0.455. The molecule has 0 radical (unpaired) electrons. The smallest absolute Gasteiger partial charge is 0.257 e. The number of aliphatic hydroxyl groups is 1. The van der Waals surface area contributed by atoms with Crippen molar-refractivity contribution in [3.63, 3.8) is 0 Å². The Bertz CT molecular complexity index is 1660. The van der Waals surface area contributed by atoms with Gasteiger partial charge in [0.25, 0.3) is 5.91 Å². The summed E-state index contributed by atoms with van der Waals surface area (Å²) in [5.74, 6) is -1.27. The standard InChI is InChI=1S/C33H33Cl2F2N5O3/c1-3-32(44,31(37)10-12-41(2)13-11-31)22-14-25-28(26(36)15-22)33(21-4-6-23(34)7-5-21,45-20-30(19-38)8-9-30)42(29(25)43)18-27-39-16-24(35)17-40-27/h4-7,14-17,44H,3,8-13,18,20H2,1-2H3/t32-,33-/m1/s1. The molecule has 12 heteroatoms. The van der Waals surface area contributed by atoms with Crippen molar-refractivity contribution >= 4 is 29.1 Å². The Labute approximate surface area is 270 Å².